The van der Waals surface area contributed by atoms with E-state index < -0.39 is 22.2 Å². The summed E-state index contributed by atoms with van der Waals surface area (Å²) in [6.07, 6.45) is 7.56. The number of aliphatic hydroxyl groups is 1. The lowest BCUT2D eigenvalue weighted by molar-refractivity contribution is -0.134. The fourth-order valence-electron chi connectivity index (χ4n) is 5.36. The number of carbonyl (C=O) groups excluding carboxylic acids is 2. The Morgan fingerprint density at radius 1 is 1.27 bits per heavy atom. The van der Waals surface area contributed by atoms with Crippen molar-refractivity contribution in [3.05, 3.63) is 36.3 Å². The number of rotatable bonds is 8. The van der Waals surface area contributed by atoms with E-state index in [1.165, 1.54) is 30.3 Å². The number of nitrogens with one attached hydrogen (secondary N) is 2. The number of hydrogen-bond acceptors (Lipinski definition) is 7. The molecule has 0 spiro atoms. The number of aryl methyl sites for hydroxylation is 1. The quantitative estimate of drug-likeness (QED) is 0.428. The van der Waals surface area contributed by atoms with Crippen LogP contribution in [0.4, 0.5) is 10.5 Å². The summed E-state index contributed by atoms with van der Waals surface area (Å²) in [5.41, 5.74) is 1.09. The third-order valence-electron chi connectivity index (χ3n) is 7.91. The Morgan fingerprint density at radius 3 is 2.66 bits per heavy atom. The molecule has 3 amide bonds. The number of imidazole rings is 1. The molecule has 3 atom stereocenters. The Labute approximate surface area is 242 Å². The fourth-order valence-corrected chi connectivity index (χ4v) is 6.50. The van der Waals surface area contributed by atoms with Crippen LogP contribution in [0.15, 0.2) is 35.7 Å². The maximum Gasteiger partial charge on any atom is 0.319 e. The lowest BCUT2D eigenvalue weighted by atomic mass is 9.96. The number of sulfonamides is 1. The van der Waals surface area contributed by atoms with Gasteiger partial charge in [0.05, 0.1) is 31.9 Å². The second-order valence-electron chi connectivity index (χ2n) is 11.3. The number of carbonyl (C=O) groups is 2. The normalized spacial score (nSPS) is 21.3. The molecule has 0 radical (unpaired) electrons. The van der Waals surface area contributed by atoms with Gasteiger partial charge in [-0.15, -0.1) is 0 Å². The highest BCUT2D eigenvalue weighted by atomic mass is 32.2. The maximum atomic E-state index is 13.4. The minimum atomic E-state index is -3.88. The molecule has 0 saturated heterocycles. The average molecular weight is 591 g/mol. The highest BCUT2D eigenvalue weighted by Crippen LogP contribution is 2.30. The molecule has 0 bridgehead atoms. The number of ether oxygens (including phenoxy) is 1. The van der Waals surface area contributed by atoms with Gasteiger partial charge in [0.15, 0.2) is 5.03 Å². The fraction of sp³-hybridized carbons (Fsp3) is 0.607. The predicted molar refractivity (Wildman–Crippen MR) is 154 cm³/mol. The highest BCUT2D eigenvalue weighted by molar-refractivity contribution is 7.89. The molecule has 41 heavy (non-hydrogen) atoms. The number of benzene rings is 1. The summed E-state index contributed by atoms with van der Waals surface area (Å²) in [4.78, 5) is 31.7. The molecular formula is C28H42N6O6S. The van der Waals surface area contributed by atoms with E-state index in [0.29, 0.717) is 17.0 Å². The number of urea groups is 1. The average Bonchev–Trinajstić information content (AvgIpc) is 3.40. The van der Waals surface area contributed by atoms with Gasteiger partial charge in [-0.25, -0.2) is 18.2 Å². The van der Waals surface area contributed by atoms with Gasteiger partial charge in [-0.05, 0) is 38.0 Å². The number of aromatic nitrogens is 2. The Hall–Kier alpha value is -3.16. The van der Waals surface area contributed by atoms with E-state index in [0.717, 1.165) is 25.7 Å². The number of hydrogen-bond donors (Lipinski definition) is 3. The molecule has 1 aliphatic carbocycles. The van der Waals surface area contributed by atoms with Crippen LogP contribution in [0.2, 0.25) is 0 Å². The van der Waals surface area contributed by atoms with Crippen molar-refractivity contribution in [2.45, 2.75) is 75.6 Å². The van der Waals surface area contributed by atoms with Crippen LogP contribution in [-0.2, 0) is 28.3 Å². The number of aliphatic hydroxyl groups excluding tert-OH is 1. The van der Waals surface area contributed by atoms with Gasteiger partial charge in [0.1, 0.15) is 11.9 Å². The predicted octanol–water partition coefficient (Wildman–Crippen LogP) is 2.34. The summed E-state index contributed by atoms with van der Waals surface area (Å²) in [5, 5.41) is 15.7. The van der Waals surface area contributed by atoms with Crippen molar-refractivity contribution in [2.24, 2.45) is 13.0 Å². The maximum absolute atomic E-state index is 13.4. The minimum Gasteiger partial charge on any atom is -0.488 e. The summed E-state index contributed by atoms with van der Waals surface area (Å²) >= 11 is 0. The number of amides is 3. The molecule has 1 fully saturated rings. The summed E-state index contributed by atoms with van der Waals surface area (Å²) in [6.45, 7) is 3.73. The number of likely N-dealkylation sites (N-methyl/N-ethyl adjacent to an activating group) is 1. The molecule has 2 heterocycles. The minimum absolute atomic E-state index is 0.000943. The molecule has 4 rings (SSSR count). The number of anilines is 1. The van der Waals surface area contributed by atoms with Crippen molar-refractivity contribution in [3.63, 3.8) is 0 Å². The molecule has 2 aromatic rings. The van der Waals surface area contributed by atoms with Crippen molar-refractivity contribution in [1.82, 2.24) is 24.1 Å². The Morgan fingerprint density at radius 2 is 2.00 bits per heavy atom. The summed E-state index contributed by atoms with van der Waals surface area (Å²) in [5.74, 6) is -0.0305. The van der Waals surface area contributed by atoms with Gasteiger partial charge in [-0.2, -0.15) is 4.31 Å². The van der Waals surface area contributed by atoms with Crippen LogP contribution in [0.5, 0.6) is 5.75 Å². The van der Waals surface area contributed by atoms with Crippen molar-refractivity contribution in [2.75, 3.05) is 32.1 Å². The monoisotopic (exact) mass is 590 g/mol. The zero-order valence-electron chi connectivity index (χ0n) is 24.2. The molecule has 1 saturated carbocycles. The zero-order chi connectivity index (χ0) is 29.7. The highest BCUT2D eigenvalue weighted by Gasteiger charge is 2.34. The lowest BCUT2D eigenvalue weighted by Gasteiger charge is -2.33. The van der Waals surface area contributed by atoms with Crippen molar-refractivity contribution in [1.29, 1.82) is 0 Å². The first-order valence-electron chi connectivity index (χ1n) is 14.2. The van der Waals surface area contributed by atoms with E-state index >= 15 is 0 Å². The van der Waals surface area contributed by atoms with E-state index in [4.69, 9.17) is 4.74 Å². The van der Waals surface area contributed by atoms with Crippen molar-refractivity contribution in [3.8, 4) is 5.75 Å². The van der Waals surface area contributed by atoms with E-state index in [1.54, 1.807) is 41.6 Å². The van der Waals surface area contributed by atoms with Crippen LogP contribution in [-0.4, -0.2) is 89.2 Å². The molecule has 226 valence electrons. The first-order chi connectivity index (χ1) is 19.5. The zero-order valence-corrected chi connectivity index (χ0v) is 25.1. The first-order valence-corrected chi connectivity index (χ1v) is 15.6. The molecule has 3 N–H and O–H groups in total. The largest absolute Gasteiger partial charge is 0.488 e. The standard InChI is InChI=1S/C28H42N6O6S/c1-19-14-34(20(2)17-35)27(36)13-21-12-23(31-28(37)30-22-8-6-5-7-9-22)10-11-24(21)40-25(19)15-33(4)41(38,39)26-16-32(3)18-29-26/h10-12,16,18-20,22,25,35H,5-9,13-15,17H2,1-4H3,(H2,30,31,37)/t19-,20+,25+/m0/s1. The molecule has 12 nitrogen and oxygen atoms in total. The molecule has 1 aromatic heterocycles. The van der Waals surface area contributed by atoms with Gasteiger partial charge >= 0.3 is 6.03 Å². The van der Waals surface area contributed by atoms with E-state index in [9.17, 15) is 23.1 Å². The second kappa shape index (κ2) is 13.2. The third-order valence-corrected chi connectivity index (χ3v) is 9.62. The molecule has 2 aliphatic rings. The van der Waals surface area contributed by atoms with E-state index in [-0.39, 0.29) is 55.0 Å². The van der Waals surface area contributed by atoms with Crippen LogP contribution < -0.4 is 15.4 Å². The van der Waals surface area contributed by atoms with Crippen molar-refractivity contribution < 1.29 is 27.9 Å². The van der Waals surface area contributed by atoms with E-state index in [1.807, 2.05) is 6.92 Å². The van der Waals surface area contributed by atoms with Gasteiger partial charge in [-0.1, -0.05) is 26.2 Å². The molecular weight excluding hydrogens is 548 g/mol. The SMILES string of the molecule is C[C@H](CO)N1C[C@H](C)[C@@H](CN(C)S(=O)(=O)c2cn(C)cn2)Oc2ccc(NC(=O)NC3CCCCC3)cc2CC1=O. The topological polar surface area (TPSA) is 146 Å². The molecule has 13 heteroatoms. The van der Waals surface area contributed by atoms with Crippen molar-refractivity contribution >= 4 is 27.6 Å². The summed E-state index contributed by atoms with van der Waals surface area (Å²) in [7, 11) is -0.705. The second-order valence-corrected chi connectivity index (χ2v) is 13.3. The third kappa shape index (κ3) is 7.57. The Balaban J connectivity index is 1.59. The van der Waals surface area contributed by atoms with Crippen LogP contribution in [0, 0.1) is 5.92 Å². The number of fused-ring (bicyclic) bond motifs is 1. The van der Waals surface area contributed by atoms with Gasteiger partial charge in [0.25, 0.3) is 10.0 Å². The van der Waals surface area contributed by atoms with Gasteiger partial charge in [0.2, 0.25) is 5.91 Å². The summed E-state index contributed by atoms with van der Waals surface area (Å²) in [6, 6.07) is 4.55. The molecule has 0 unspecified atom stereocenters. The van der Waals surface area contributed by atoms with Crippen LogP contribution in [0.3, 0.4) is 0 Å². The Bertz CT molecular complexity index is 1330. The van der Waals surface area contributed by atoms with Crippen LogP contribution >= 0.6 is 0 Å². The number of nitrogens with zero attached hydrogens (tertiary/aromatic N) is 4. The first kappa shape index (κ1) is 30.8. The van der Waals surface area contributed by atoms with Gasteiger partial charge < -0.3 is 29.9 Å². The summed E-state index contributed by atoms with van der Waals surface area (Å²) < 4.78 is 35.6. The lowest BCUT2D eigenvalue weighted by Crippen LogP contribution is -2.48. The van der Waals surface area contributed by atoms with Crippen LogP contribution in [0.25, 0.3) is 0 Å². The van der Waals surface area contributed by atoms with Gasteiger partial charge in [-0.3, -0.25) is 4.79 Å². The van der Waals surface area contributed by atoms with E-state index in [2.05, 4.69) is 15.6 Å². The molecule has 1 aromatic carbocycles. The smallest absolute Gasteiger partial charge is 0.319 e. The molecule has 1 aliphatic heterocycles. The van der Waals surface area contributed by atoms with Gasteiger partial charge in [0, 0.05) is 50.0 Å². The van der Waals surface area contributed by atoms with Crippen LogP contribution in [0.1, 0.15) is 51.5 Å². The Kier molecular flexibility index (Phi) is 9.92.